The third kappa shape index (κ3) is 7.91. The Kier molecular flexibility index (Phi) is 10.7. The number of nitrogens with zero attached hydrogens (tertiary/aromatic N) is 4. The highest BCUT2D eigenvalue weighted by Crippen LogP contribution is 2.20. The maximum Gasteiger partial charge on any atom is 0.358 e. The molecular formula is C30H40F2N5O3+. The SMILES string of the molecule is CO[C@H](CF)CN(CCCCc1ccc2c(n1)NCCC2)CCCC(=O)O[n+]1c(C)nc2cc(F)ccc2c1C. The Hall–Kier alpha value is -3.24. The lowest BCUT2D eigenvalue weighted by Gasteiger charge is -2.25. The van der Waals surface area contributed by atoms with Gasteiger partial charge >= 0.3 is 11.8 Å². The van der Waals surface area contributed by atoms with Crippen LogP contribution in [0.5, 0.6) is 0 Å². The fourth-order valence-corrected chi connectivity index (χ4v) is 5.12. The highest BCUT2D eigenvalue weighted by Gasteiger charge is 2.22. The number of carbonyl (C=O) groups excluding carboxylic acids is 1. The quantitative estimate of drug-likeness (QED) is 0.237. The van der Waals surface area contributed by atoms with E-state index in [1.807, 2.05) is 6.92 Å². The molecule has 1 atom stereocenters. The number of hydrogen-bond acceptors (Lipinski definition) is 7. The van der Waals surface area contributed by atoms with Crippen molar-refractivity contribution in [2.45, 2.75) is 64.9 Å². The Morgan fingerprint density at radius 3 is 2.77 bits per heavy atom. The van der Waals surface area contributed by atoms with E-state index in [1.165, 1.54) is 29.5 Å². The average Bonchev–Trinajstić information content (AvgIpc) is 2.95. The second-order valence-electron chi connectivity index (χ2n) is 10.4. The van der Waals surface area contributed by atoms with Crippen LogP contribution < -0.4 is 14.9 Å². The van der Waals surface area contributed by atoms with Gasteiger partial charge in [0, 0.05) is 45.8 Å². The lowest BCUT2D eigenvalue weighted by Crippen LogP contribution is -2.51. The number of benzene rings is 1. The van der Waals surface area contributed by atoms with Gasteiger partial charge in [-0.15, -0.1) is 0 Å². The molecule has 1 aromatic carbocycles. The second-order valence-corrected chi connectivity index (χ2v) is 10.4. The van der Waals surface area contributed by atoms with Crippen molar-refractivity contribution in [2.24, 2.45) is 0 Å². The summed E-state index contributed by atoms with van der Waals surface area (Å²) in [6, 6.07) is 8.64. The molecule has 0 unspecified atom stereocenters. The zero-order chi connectivity index (χ0) is 28.5. The lowest BCUT2D eigenvalue weighted by molar-refractivity contribution is -0.879. The van der Waals surface area contributed by atoms with Gasteiger partial charge in [-0.3, -0.25) is 4.84 Å². The zero-order valence-corrected chi connectivity index (χ0v) is 23.7. The van der Waals surface area contributed by atoms with Gasteiger partial charge in [0.05, 0.1) is 17.9 Å². The summed E-state index contributed by atoms with van der Waals surface area (Å²) in [6.45, 7) is 5.78. The number of anilines is 1. The van der Waals surface area contributed by atoms with Crippen LogP contribution in [0.4, 0.5) is 14.6 Å². The molecule has 0 saturated carbocycles. The third-order valence-electron chi connectivity index (χ3n) is 7.36. The van der Waals surface area contributed by atoms with E-state index >= 15 is 0 Å². The molecule has 3 heterocycles. The van der Waals surface area contributed by atoms with Gasteiger partial charge in [0.1, 0.15) is 18.3 Å². The molecule has 0 aliphatic carbocycles. The Morgan fingerprint density at radius 1 is 1.15 bits per heavy atom. The van der Waals surface area contributed by atoms with Crippen LogP contribution in [0.15, 0.2) is 30.3 Å². The van der Waals surface area contributed by atoms with Gasteiger partial charge in [-0.2, -0.15) is 0 Å². The molecule has 8 nitrogen and oxygen atoms in total. The number of methoxy groups -OCH3 is 1. The summed E-state index contributed by atoms with van der Waals surface area (Å²) in [5.41, 5.74) is 3.55. The summed E-state index contributed by atoms with van der Waals surface area (Å²) in [5.74, 6) is 0.718. The number of pyridine rings is 1. The number of hydrogen-bond donors (Lipinski definition) is 1. The van der Waals surface area contributed by atoms with Crippen molar-refractivity contribution < 1.29 is 27.9 Å². The van der Waals surface area contributed by atoms with Crippen LogP contribution in [-0.2, 0) is 22.4 Å². The molecule has 0 bridgehead atoms. The third-order valence-corrected chi connectivity index (χ3v) is 7.36. The minimum atomic E-state index is -0.560. The van der Waals surface area contributed by atoms with E-state index in [9.17, 15) is 13.6 Å². The molecule has 1 aliphatic rings. The highest BCUT2D eigenvalue weighted by atomic mass is 19.1. The smallest absolute Gasteiger partial charge is 0.358 e. The number of unbranched alkanes of at least 4 members (excludes halogenated alkanes) is 1. The summed E-state index contributed by atoms with van der Waals surface area (Å²) >= 11 is 0. The molecule has 4 rings (SSSR count). The van der Waals surface area contributed by atoms with E-state index in [1.54, 1.807) is 13.0 Å². The molecule has 0 radical (unpaired) electrons. The summed E-state index contributed by atoms with van der Waals surface area (Å²) in [5, 5.41) is 4.10. The molecule has 1 N–H and O–H groups in total. The van der Waals surface area contributed by atoms with Gasteiger partial charge in [0.2, 0.25) is 0 Å². The van der Waals surface area contributed by atoms with Gasteiger partial charge in [-0.25, -0.2) is 18.6 Å². The van der Waals surface area contributed by atoms with Crippen molar-refractivity contribution in [2.75, 3.05) is 45.3 Å². The number of aryl methyl sites for hydroxylation is 4. The monoisotopic (exact) mass is 556 g/mol. The van der Waals surface area contributed by atoms with E-state index in [0.717, 1.165) is 56.7 Å². The van der Waals surface area contributed by atoms with Crippen molar-refractivity contribution in [1.29, 1.82) is 0 Å². The molecule has 0 saturated heterocycles. The van der Waals surface area contributed by atoms with Gasteiger partial charge < -0.3 is 15.0 Å². The molecular weight excluding hydrogens is 516 g/mol. The van der Waals surface area contributed by atoms with Crippen LogP contribution in [0.2, 0.25) is 0 Å². The van der Waals surface area contributed by atoms with Crippen molar-refractivity contribution >= 4 is 22.7 Å². The predicted molar refractivity (Wildman–Crippen MR) is 149 cm³/mol. The number of rotatable bonds is 14. The molecule has 0 spiro atoms. The van der Waals surface area contributed by atoms with Gasteiger partial charge in [0.25, 0.3) is 0 Å². The van der Waals surface area contributed by atoms with E-state index < -0.39 is 12.8 Å². The first kappa shape index (κ1) is 29.7. The first-order valence-electron chi connectivity index (χ1n) is 14.1. The number of alkyl halides is 1. The standard InChI is InChI=1S/C30H40F2N5O3/c1-21-27-14-12-24(32)18-28(27)34-22(2)37(21)40-29(38)10-7-17-36(20-26(19-31)39-3)16-5-4-9-25-13-11-23-8-6-15-33-30(23)35-25/h11-14,18,26H,4-10,15-17,19-20H2,1-3H3,(H,33,35)/q+1/t26-/m1/s1. The van der Waals surface area contributed by atoms with Crippen molar-refractivity contribution in [3.05, 3.63) is 58.9 Å². The largest absolute Gasteiger partial charge is 0.377 e. The number of ether oxygens (including phenoxy) is 1. The zero-order valence-electron chi connectivity index (χ0n) is 23.7. The number of fused-ring (bicyclic) bond motifs is 2. The Balaban J connectivity index is 1.27. The Labute approximate surface area is 234 Å². The number of carbonyl (C=O) groups is 1. The second kappa shape index (κ2) is 14.4. The fraction of sp³-hybridized carbons (Fsp3) is 0.533. The first-order valence-corrected chi connectivity index (χ1v) is 14.1. The molecule has 0 amide bonds. The molecule has 216 valence electrons. The molecule has 10 heteroatoms. The fourth-order valence-electron chi connectivity index (χ4n) is 5.12. The molecule has 40 heavy (non-hydrogen) atoms. The van der Waals surface area contributed by atoms with E-state index in [2.05, 4.69) is 27.3 Å². The number of aromatic nitrogens is 3. The summed E-state index contributed by atoms with van der Waals surface area (Å²) in [4.78, 5) is 29.6. The Morgan fingerprint density at radius 2 is 1.98 bits per heavy atom. The van der Waals surface area contributed by atoms with Crippen LogP contribution in [0.1, 0.15) is 54.9 Å². The van der Waals surface area contributed by atoms with E-state index in [-0.39, 0.29) is 18.2 Å². The summed E-state index contributed by atoms with van der Waals surface area (Å²) < 4.78 is 33.7. The van der Waals surface area contributed by atoms with Crippen LogP contribution in [-0.4, -0.2) is 66.9 Å². The predicted octanol–water partition coefficient (Wildman–Crippen LogP) is 4.08. The van der Waals surface area contributed by atoms with Crippen LogP contribution in [0.25, 0.3) is 10.9 Å². The van der Waals surface area contributed by atoms with Gasteiger partial charge in [-0.05, 0) is 85.1 Å². The highest BCUT2D eigenvalue weighted by molar-refractivity contribution is 5.79. The number of nitrogens with one attached hydrogen (secondary N) is 1. The van der Waals surface area contributed by atoms with Crippen LogP contribution in [0, 0.1) is 19.7 Å². The maximum absolute atomic E-state index is 13.6. The minimum absolute atomic E-state index is 0.198. The lowest BCUT2D eigenvalue weighted by atomic mass is 10.1. The van der Waals surface area contributed by atoms with Crippen molar-refractivity contribution in [1.82, 2.24) is 14.9 Å². The normalized spacial score (nSPS) is 13.8. The molecule has 2 aromatic heterocycles. The number of halogens is 2. The van der Waals surface area contributed by atoms with E-state index in [4.69, 9.17) is 14.6 Å². The van der Waals surface area contributed by atoms with Crippen LogP contribution in [0.3, 0.4) is 0 Å². The topological polar surface area (TPSA) is 80.5 Å². The first-order chi connectivity index (χ1) is 19.4. The maximum atomic E-state index is 13.6. The minimum Gasteiger partial charge on any atom is -0.377 e. The Bertz CT molecular complexity index is 1300. The van der Waals surface area contributed by atoms with Gasteiger partial charge in [0.15, 0.2) is 11.2 Å². The van der Waals surface area contributed by atoms with Crippen molar-refractivity contribution in [3.63, 3.8) is 0 Å². The van der Waals surface area contributed by atoms with Gasteiger partial charge in [-0.1, -0.05) is 6.07 Å². The summed E-state index contributed by atoms with van der Waals surface area (Å²) in [6.07, 6.45) is 5.25. The van der Waals surface area contributed by atoms with Crippen LogP contribution >= 0.6 is 0 Å². The molecule has 0 fully saturated rings. The molecule has 3 aromatic rings. The van der Waals surface area contributed by atoms with E-state index in [0.29, 0.717) is 41.9 Å². The molecule has 1 aliphatic heterocycles. The summed E-state index contributed by atoms with van der Waals surface area (Å²) in [7, 11) is 1.52. The average molecular weight is 557 g/mol. The van der Waals surface area contributed by atoms with Crippen molar-refractivity contribution in [3.8, 4) is 0 Å².